The maximum atomic E-state index is 12.9. The second-order valence-corrected chi connectivity index (χ2v) is 4.28. The Bertz CT molecular complexity index is 539. The molecule has 1 aromatic carbocycles. The lowest BCUT2D eigenvalue weighted by molar-refractivity contribution is 0.454. The van der Waals surface area contributed by atoms with E-state index in [-0.39, 0.29) is 11.7 Å². The van der Waals surface area contributed by atoms with Gasteiger partial charge in [0.2, 0.25) is 5.88 Å². The van der Waals surface area contributed by atoms with E-state index in [4.69, 9.17) is 16.3 Å². The number of aromatic nitrogens is 2. The quantitative estimate of drug-likeness (QED) is 0.805. The standard InChI is InChI=1S/C11H7BrClFN2O/c12-9-3-7(14)1-2-10(9)17-11-6-15-5-8(4-13)16-11/h1-3,5-6H,4H2. The monoisotopic (exact) mass is 316 g/mol. The van der Waals surface area contributed by atoms with Crippen molar-refractivity contribution in [1.29, 1.82) is 0 Å². The van der Waals surface area contributed by atoms with Gasteiger partial charge in [-0.05, 0) is 34.1 Å². The Morgan fingerprint density at radius 1 is 1.35 bits per heavy atom. The summed E-state index contributed by atoms with van der Waals surface area (Å²) < 4.78 is 18.8. The van der Waals surface area contributed by atoms with Crippen LogP contribution in [0.4, 0.5) is 4.39 Å². The molecule has 0 aliphatic rings. The summed E-state index contributed by atoms with van der Waals surface area (Å²) in [6, 6.07) is 4.13. The molecule has 0 spiro atoms. The van der Waals surface area contributed by atoms with E-state index in [1.165, 1.54) is 24.4 Å². The van der Waals surface area contributed by atoms with Crippen molar-refractivity contribution < 1.29 is 9.13 Å². The predicted octanol–water partition coefficient (Wildman–Crippen LogP) is 3.91. The number of hydrogen-bond acceptors (Lipinski definition) is 3. The van der Waals surface area contributed by atoms with Crippen LogP contribution in [0.3, 0.4) is 0 Å². The Labute approximate surface area is 111 Å². The molecule has 6 heteroatoms. The molecule has 0 atom stereocenters. The normalized spacial score (nSPS) is 10.3. The molecule has 1 aromatic heterocycles. The summed E-state index contributed by atoms with van der Waals surface area (Å²) in [5.41, 5.74) is 0.613. The number of nitrogens with zero attached hydrogens (tertiary/aromatic N) is 2. The van der Waals surface area contributed by atoms with E-state index < -0.39 is 0 Å². The van der Waals surface area contributed by atoms with Crippen LogP contribution in [0.5, 0.6) is 11.6 Å². The van der Waals surface area contributed by atoms with Gasteiger partial charge in [-0.15, -0.1) is 11.6 Å². The molecule has 88 valence electrons. The third-order valence-electron chi connectivity index (χ3n) is 1.91. The highest BCUT2D eigenvalue weighted by molar-refractivity contribution is 9.10. The van der Waals surface area contributed by atoms with Crippen molar-refractivity contribution in [2.24, 2.45) is 0 Å². The molecule has 0 saturated heterocycles. The number of hydrogen-bond donors (Lipinski definition) is 0. The van der Waals surface area contributed by atoms with Crippen LogP contribution >= 0.6 is 27.5 Å². The fourth-order valence-corrected chi connectivity index (χ4v) is 1.73. The first-order valence-corrected chi connectivity index (χ1v) is 6.01. The van der Waals surface area contributed by atoms with Crippen LogP contribution in [0.15, 0.2) is 35.1 Å². The zero-order valence-electron chi connectivity index (χ0n) is 8.53. The SMILES string of the molecule is Fc1ccc(Oc2cncc(CCl)n2)c(Br)c1. The molecule has 17 heavy (non-hydrogen) atoms. The van der Waals surface area contributed by atoms with Crippen LogP contribution in [0, 0.1) is 5.82 Å². The molecule has 3 nitrogen and oxygen atoms in total. The third kappa shape index (κ3) is 3.14. The zero-order chi connectivity index (χ0) is 12.3. The molecule has 0 aliphatic carbocycles. The summed E-state index contributed by atoms with van der Waals surface area (Å²) >= 11 is 8.84. The van der Waals surface area contributed by atoms with Crippen molar-refractivity contribution in [3.05, 3.63) is 46.6 Å². The second-order valence-electron chi connectivity index (χ2n) is 3.16. The van der Waals surface area contributed by atoms with Crippen molar-refractivity contribution in [2.45, 2.75) is 5.88 Å². The molecule has 0 unspecified atom stereocenters. The fraction of sp³-hybridized carbons (Fsp3) is 0.0909. The molecule has 0 N–H and O–H groups in total. The molecular formula is C11H7BrClFN2O. The van der Waals surface area contributed by atoms with Crippen LogP contribution in [-0.4, -0.2) is 9.97 Å². The molecule has 1 heterocycles. The van der Waals surface area contributed by atoms with Gasteiger partial charge in [-0.2, -0.15) is 0 Å². The van der Waals surface area contributed by atoms with E-state index in [1.807, 2.05) is 0 Å². The lowest BCUT2D eigenvalue weighted by atomic mass is 10.3. The van der Waals surface area contributed by atoms with Gasteiger partial charge in [-0.3, -0.25) is 4.98 Å². The van der Waals surface area contributed by atoms with Crippen LogP contribution in [0.2, 0.25) is 0 Å². The van der Waals surface area contributed by atoms with Crippen LogP contribution < -0.4 is 4.74 Å². The number of alkyl halides is 1. The molecule has 0 fully saturated rings. The van der Waals surface area contributed by atoms with Gasteiger partial charge in [-0.1, -0.05) is 0 Å². The van der Waals surface area contributed by atoms with E-state index in [9.17, 15) is 4.39 Å². The summed E-state index contributed by atoms with van der Waals surface area (Å²) in [6.45, 7) is 0. The number of benzene rings is 1. The number of halogens is 3. The molecule has 0 saturated carbocycles. The number of rotatable bonds is 3. The van der Waals surface area contributed by atoms with Gasteiger partial charge < -0.3 is 4.74 Å². The van der Waals surface area contributed by atoms with E-state index in [0.717, 1.165) is 0 Å². The highest BCUT2D eigenvalue weighted by Crippen LogP contribution is 2.29. The highest BCUT2D eigenvalue weighted by Gasteiger charge is 2.06. The van der Waals surface area contributed by atoms with Gasteiger partial charge in [0.05, 0.1) is 22.2 Å². The largest absolute Gasteiger partial charge is 0.436 e. The first-order chi connectivity index (χ1) is 8.19. The molecule has 2 rings (SSSR count). The molecule has 0 radical (unpaired) electrons. The van der Waals surface area contributed by atoms with Crippen molar-refractivity contribution in [2.75, 3.05) is 0 Å². The summed E-state index contributed by atoms with van der Waals surface area (Å²) in [5.74, 6) is 0.696. The minimum absolute atomic E-state index is 0.259. The van der Waals surface area contributed by atoms with E-state index in [2.05, 4.69) is 25.9 Å². The van der Waals surface area contributed by atoms with E-state index in [0.29, 0.717) is 21.8 Å². The Balaban J connectivity index is 2.25. The fourth-order valence-electron chi connectivity index (χ4n) is 1.17. The smallest absolute Gasteiger partial charge is 0.238 e. The molecular weight excluding hydrogens is 310 g/mol. The molecule has 2 aromatic rings. The third-order valence-corrected chi connectivity index (χ3v) is 2.80. The molecule has 0 aliphatic heterocycles. The summed E-state index contributed by atoms with van der Waals surface area (Å²) in [5, 5.41) is 0. The Morgan fingerprint density at radius 3 is 2.88 bits per heavy atom. The van der Waals surface area contributed by atoms with Gasteiger partial charge in [0, 0.05) is 6.20 Å². The van der Waals surface area contributed by atoms with Crippen molar-refractivity contribution >= 4 is 27.5 Å². The van der Waals surface area contributed by atoms with Crippen LogP contribution in [-0.2, 0) is 5.88 Å². The summed E-state index contributed by atoms with van der Waals surface area (Å²) in [4.78, 5) is 8.06. The van der Waals surface area contributed by atoms with E-state index in [1.54, 1.807) is 6.20 Å². The topological polar surface area (TPSA) is 35.0 Å². The van der Waals surface area contributed by atoms with Gasteiger partial charge in [0.15, 0.2) is 0 Å². The highest BCUT2D eigenvalue weighted by atomic mass is 79.9. The average molecular weight is 318 g/mol. The van der Waals surface area contributed by atoms with Crippen LogP contribution in [0.1, 0.15) is 5.69 Å². The maximum Gasteiger partial charge on any atom is 0.238 e. The lowest BCUT2D eigenvalue weighted by Crippen LogP contribution is -1.93. The van der Waals surface area contributed by atoms with Gasteiger partial charge in [0.25, 0.3) is 0 Å². The summed E-state index contributed by atoms with van der Waals surface area (Å²) in [7, 11) is 0. The first-order valence-electron chi connectivity index (χ1n) is 4.69. The lowest BCUT2D eigenvalue weighted by Gasteiger charge is -2.06. The average Bonchev–Trinajstić information content (AvgIpc) is 2.33. The molecule has 0 bridgehead atoms. The Morgan fingerprint density at radius 2 is 2.18 bits per heavy atom. The first kappa shape index (κ1) is 12.3. The minimum Gasteiger partial charge on any atom is -0.436 e. The predicted molar refractivity (Wildman–Crippen MR) is 65.8 cm³/mol. The molecule has 0 amide bonds. The number of ether oxygens (including phenoxy) is 1. The van der Waals surface area contributed by atoms with E-state index >= 15 is 0 Å². The maximum absolute atomic E-state index is 12.9. The second kappa shape index (κ2) is 5.42. The van der Waals surface area contributed by atoms with Crippen molar-refractivity contribution in [3.63, 3.8) is 0 Å². The van der Waals surface area contributed by atoms with Gasteiger partial charge in [-0.25, -0.2) is 9.37 Å². The Hall–Kier alpha value is -1.20. The Kier molecular flexibility index (Phi) is 3.91. The zero-order valence-corrected chi connectivity index (χ0v) is 10.9. The summed E-state index contributed by atoms with van der Waals surface area (Å²) in [6.07, 6.45) is 3.02. The van der Waals surface area contributed by atoms with Crippen LogP contribution in [0.25, 0.3) is 0 Å². The van der Waals surface area contributed by atoms with Gasteiger partial charge in [0.1, 0.15) is 11.6 Å². The minimum atomic E-state index is -0.343. The van der Waals surface area contributed by atoms with Crippen molar-refractivity contribution in [1.82, 2.24) is 9.97 Å². The van der Waals surface area contributed by atoms with Crippen molar-refractivity contribution in [3.8, 4) is 11.6 Å². The van der Waals surface area contributed by atoms with Gasteiger partial charge >= 0.3 is 0 Å².